The van der Waals surface area contributed by atoms with Crippen LogP contribution < -0.4 is 0 Å². The number of rotatable bonds is 3. The van der Waals surface area contributed by atoms with Crippen LogP contribution in [0.3, 0.4) is 0 Å². The Balaban J connectivity index is 1.66. The van der Waals surface area contributed by atoms with Gasteiger partial charge in [-0.25, -0.2) is 4.98 Å². The highest BCUT2D eigenvalue weighted by Gasteiger charge is 2.24. The van der Waals surface area contributed by atoms with Crippen LogP contribution >= 0.6 is 34.5 Å². The van der Waals surface area contributed by atoms with Gasteiger partial charge in [-0.15, -0.1) is 16.4 Å². The van der Waals surface area contributed by atoms with Crippen LogP contribution in [0.15, 0.2) is 11.6 Å². The van der Waals surface area contributed by atoms with E-state index in [1.54, 1.807) is 11.3 Å². The molecule has 3 rings (SSSR count). The average molecular weight is 303 g/mol. The van der Waals surface area contributed by atoms with E-state index >= 15 is 0 Å². The first-order valence-corrected chi connectivity index (χ1v) is 7.56. The minimum Gasteiger partial charge on any atom is -0.368 e. The Morgan fingerprint density at radius 2 is 2.50 bits per heavy atom. The molecule has 1 fully saturated rings. The highest BCUT2D eigenvalue weighted by Crippen LogP contribution is 2.26. The second-order valence-corrected chi connectivity index (χ2v) is 6.24. The Labute approximate surface area is 118 Å². The Morgan fingerprint density at radius 1 is 1.56 bits per heavy atom. The molecular weight excluding hydrogens is 292 g/mol. The molecule has 8 heteroatoms. The van der Waals surface area contributed by atoms with Gasteiger partial charge in [-0.1, -0.05) is 16.1 Å². The summed E-state index contributed by atoms with van der Waals surface area (Å²) in [6.45, 7) is 3.14. The molecule has 0 bridgehead atoms. The molecule has 0 unspecified atom stereocenters. The zero-order valence-electron chi connectivity index (χ0n) is 9.45. The largest absolute Gasteiger partial charge is 0.368 e. The molecule has 1 aliphatic heterocycles. The fourth-order valence-electron chi connectivity index (χ4n) is 1.89. The maximum Gasteiger partial charge on any atom is 0.138 e. The normalized spacial score (nSPS) is 21.3. The van der Waals surface area contributed by atoms with E-state index in [0.29, 0.717) is 10.9 Å². The molecule has 1 aliphatic rings. The fraction of sp³-hybridized carbons (Fsp3) is 0.500. The van der Waals surface area contributed by atoms with Gasteiger partial charge in [-0.2, -0.15) is 0 Å². The standard InChI is InChI=1S/C10H11ClN4OS2/c11-9-7(13-14-18-9)5-15-2-3-16-8(6-15)10-12-1-4-17-10/h1,4,8H,2-3,5-6H2/t8-/m1/s1. The van der Waals surface area contributed by atoms with E-state index in [4.69, 9.17) is 16.3 Å². The number of aromatic nitrogens is 3. The zero-order chi connectivity index (χ0) is 12.4. The van der Waals surface area contributed by atoms with Crippen LogP contribution in [0.2, 0.25) is 4.34 Å². The third-order valence-electron chi connectivity index (χ3n) is 2.76. The van der Waals surface area contributed by atoms with Gasteiger partial charge >= 0.3 is 0 Å². The van der Waals surface area contributed by atoms with Crippen LogP contribution in [0.1, 0.15) is 16.8 Å². The number of nitrogens with zero attached hydrogens (tertiary/aromatic N) is 4. The molecule has 2 aromatic heterocycles. The van der Waals surface area contributed by atoms with Crippen molar-refractivity contribution in [1.29, 1.82) is 0 Å². The van der Waals surface area contributed by atoms with E-state index < -0.39 is 0 Å². The monoisotopic (exact) mass is 302 g/mol. The molecule has 5 nitrogen and oxygen atoms in total. The second kappa shape index (κ2) is 5.58. The topological polar surface area (TPSA) is 51.1 Å². The summed E-state index contributed by atoms with van der Waals surface area (Å²) in [6.07, 6.45) is 1.87. The lowest BCUT2D eigenvalue weighted by molar-refractivity contribution is -0.0333. The Morgan fingerprint density at radius 3 is 3.22 bits per heavy atom. The van der Waals surface area contributed by atoms with Gasteiger partial charge in [0.2, 0.25) is 0 Å². The van der Waals surface area contributed by atoms with Gasteiger partial charge in [-0.05, 0) is 0 Å². The summed E-state index contributed by atoms with van der Waals surface area (Å²) in [5.74, 6) is 0. The molecule has 0 saturated carbocycles. The highest BCUT2D eigenvalue weighted by molar-refractivity contribution is 7.10. The van der Waals surface area contributed by atoms with E-state index in [2.05, 4.69) is 19.5 Å². The number of hydrogen-bond acceptors (Lipinski definition) is 7. The number of morpholine rings is 1. The third-order valence-corrected chi connectivity index (χ3v) is 4.61. The molecule has 0 radical (unpaired) electrons. The Hall–Kier alpha value is -0.600. The molecule has 0 N–H and O–H groups in total. The summed E-state index contributed by atoms with van der Waals surface area (Å²) in [7, 11) is 0. The first-order valence-electron chi connectivity index (χ1n) is 5.53. The van der Waals surface area contributed by atoms with E-state index in [1.807, 2.05) is 11.6 Å². The van der Waals surface area contributed by atoms with Crippen molar-refractivity contribution in [3.63, 3.8) is 0 Å². The lowest BCUT2D eigenvalue weighted by atomic mass is 10.2. The summed E-state index contributed by atoms with van der Waals surface area (Å²) in [6, 6.07) is 0. The molecule has 2 aromatic rings. The Kier molecular flexibility index (Phi) is 3.86. The third kappa shape index (κ3) is 2.70. The van der Waals surface area contributed by atoms with Gasteiger partial charge in [0.1, 0.15) is 21.1 Å². The number of hydrogen-bond donors (Lipinski definition) is 0. The van der Waals surface area contributed by atoms with E-state index in [-0.39, 0.29) is 6.10 Å². The van der Waals surface area contributed by atoms with Crippen molar-refractivity contribution in [2.45, 2.75) is 12.6 Å². The van der Waals surface area contributed by atoms with E-state index in [1.165, 1.54) is 11.5 Å². The maximum absolute atomic E-state index is 6.02. The van der Waals surface area contributed by atoms with Crippen molar-refractivity contribution in [3.05, 3.63) is 26.6 Å². The van der Waals surface area contributed by atoms with Crippen molar-refractivity contribution < 1.29 is 4.74 Å². The molecular formula is C10H11ClN4OS2. The van der Waals surface area contributed by atoms with Gasteiger partial charge in [0.25, 0.3) is 0 Å². The second-order valence-electron chi connectivity index (χ2n) is 3.96. The molecule has 0 aliphatic carbocycles. The molecule has 0 amide bonds. The van der Waals surface area contributed by atoms with Crippen LogP contribution in [0.5, 0.6) is 0 Å². The predicted molar refractivity (Wildman–Crippen MR) is 71.0 cm³/mol. The smallest absolute Gasteiger partial charge is 0.138 e. The molecule has 18 heavy (non-hydrogen) atoms. The molecule has 0 spiro atoms. The molecule has 96 valence electrons. The number of thiazole rings is 1. The molecule has 1 saturated heterocycles. The van der Waals surface area contributed by atoms with E-state index in [9.17, 15) is 0 Å². The Bertz CT molecular complexity index is 504. The van der Waals surface area contributed by atoms with Gasteiger partial charge < -0.3 is 4.74 Å². The fourth-order valence-corrected chi connectivity index (χ4v) is 3.18. The summed E-state index contributed by atoms with van der Waals surface area (Å²) in [5.41, 5.74) is 0.849. The van der Waals surface area contributed by atoms with Crippen LogP contribution in [0, 0.1) is 0 Å². The van der Waals surface area contributed by atoms with Gasteiger partial charge in [0.15, 0.2) is 0 Å². The van der Waals surface area contributed by atoms with Crippen LogP contribution in [-0.2, 0) is 11.3 Å². The lowest BCUT2D eigenvalue weighted by Crippen LogP contribution is -2.37. The first-order chi connectivity index (χ1) is 8.83. The lowest BCUT2D eigenvalue weighted by Gasteiger charge is -2.31. The van der Waals surface area contributed by atoms with Gasteiger partial charge in [0.05, 0.1) is 6.61 Å². The van der Waals surface area contributed by atoms with Crippen LogP contribution in [0.4, 0.5) is 0 Å². The summed E-state index contributed by atoms with van der Waals surface area (Å²) in [4.78, 5) is 6.58. The highest BCUT2D eigenvalue weighted by atomic mass is 35.5. The summed E-state index contributed by atoms with van der Waals surface area (Å²) in [5, 5.41) is 7.04. The molecule has 0 aromatic carbocycles. The number of halogens is 1. The first kappa shape index (κ1) is 12.4. The molecule has 3 heterocycles. The summed E-state index contributed by atoms with van der Waals surface area (Å²) >= 11 is 8.88. The van der Waals surface area contributed by atoms with Crippen LogP contribution in [0.25, 0.3) is 0 Å². The van der Waals surface area contributed by atoms with Crippen LogP contribution in [-0.4, -0.2) is 39.2 Å². The number of ether oxygens (including phenoxy) is 1. The van der Waals surface area contributed by atoms with Crippen molar-refractivity contribution >= 4 is 34.5 Å². The quantitative estimate of drug-likeness (QED) is 0.870. The zero-order valence-corrected chi connectivity index (χ0v) is 11.8. The van der Waals surface area contributed by atoms with Gasteiger partial charge in [0, 0.05) is 42.7 Å². The minimum atomic E-state index is 0.0594. The summed E-state index contributed by atoms with van der Waals surface area (Å²) < 4.78 is 10.3. The predicted octanol–water partition coefficient (Wildman–Crippen LogP) is 2.22. The van der Waals surface area contributed by atoms with Gasteiger partial charge in [-0.3, -0.25) is 4.90 Å². The average Bonchev–Trinajstić information content (AvgIpc) is 3.02. The van der Waals surface area contributed by atoms with Crippen molar-refractivity contribution in [1.82, 2.24) is 19.5 Å². The maximum atomic E-state index is 6.02. The molecule has 1 atom stereocenters. The van der Waals surface area contributed by atoms with Crippen molar-refractivity contribution in [3.8, 4) is 0 Å². The van der Waals surface area contributed by atoms with Crippen molar-refractivity contribution in [2.24, 2.45) is 0 Å². The van der Waals surface area contributed by atoms with Crippen molar-refractivity contribution in [2.75, 3.05) is 19.7 Å². The SMILES string of the molecule is Clc1snnc1CN1CCO[C@@H](c2nccs2)C1. The minimum absolute atomic E-state index is 0.0594. The van der Waals surface area contributed by atoms with E-state index in [0.717, 1.165) is 30.3 Å².